The van der Waals surface area contributed by atoms with Crippen LogP contribution in [0.3, 0.4) is 0 Å². The van der Waals surface area contributed by atoms with E-state index in [0.29, 0.717) is 12.4 Å². The van der Waals surface area contributed by atoms with Crippen LogP contribution in [0.15, 0.2) is 17.1 Å². The minimum absolute atomic E-state index is 0.0146. The summed E-state index contributed by atoms with van der Waals surface area (Å²) in [5, 5.41) is 8.96. The van der Waals surface area contributed by atoms with Crippen LogP contribution in [0.25, 0.3) is 0 Å². The summed E-state index contributed by atoms with van der Waals surface area (Å²) >= 11 is 0. The molecule has 2 aliphatic rings. The predicted octanol–water partition coefficient (Wildman–Crippen LogP) is -0.716. The molecule has 2 aliphatic heterocycles. The van der Waals surface area contributed by atoms with Crippen molar-refractivity contribution in [3.05, 3.63) is 22.6 Å². The number of fused-ring (bicyclic) bond motifs is 3. The van der Waals surface area contributed by atoms with E-state index in [9.17, 15) is 4.79 Å². The van der Waals surface area contributed by atoms with Gasteiger partial charge in [-0.2, -0.15) is 4.98 Å². The Bertz CT molecular complexity index is 444. The highest BCUT2D eigenvalue weighted by atomic mass is 16.6. The van der Waals surface area contributed by atoms with E-state index in [1.165, 1.54) is 6.07 Å². The fraction of sp³-hybridized carbons (Fsp3) is 0.556. The highest BCUT2D eigenvalue weighted by molar-refractivity contribution is 5.08. The monoisotopic (exact) mass is 210 g/mol. The molecular formula is C9H10N2O4. The number of rotatable bonds is 1. The SMILES string of the molecule is O=c1ccn2c(n1)O[C@H]1CC(CO)O[C@H]12. The first-order valence-electron chi connectivity index (χ1n) is 4.80. The average molecular weight is 210 g/mol. The van der Waals surface area contributed by atoms with Crippen molar-refractivity contribution in [2.45, 2.75) is 24.9 Å². The van der Waals surface area contributed by atoms with Crippen LogP contribution in [0.5, 0.6) is 6.01 Å². The van der Waals surface area contributed by atoms with Gasteiger partial charge in [0.2, 0.25) is 0 Å². The van der Waals surface area contributed by atoms with E-state index in [4.69, 9.17) is 14.6 Å². The summed E-state index contributed by atoms with van der Waals surface area (Å²) in [5.41, 5.74) is -0.320. The second-order valence-electron chi connectivity index (χ2n) is 3.68. The maximum Gasteiger partial charge on any atom is 0.302 e. The van der Waals surface area contributed by atoms with Crippen molar-refractivity contribution in [2.24, 2.45) is 0 Å². The molecule has 80 valence electrons. The Kier molecular flexibility index (Phi) is 1.80. The molecule has 3 rings (SSSR count). The molecule has 6 nitrogen and oxygen atoms in total. The molecule has 0 spiro atoms. The van der Waals surface area contributed by atoms with Gasteiger partial charge in [-0.15, -0.1) is 0 Å². The molecule has 0 amide bonds. The molecule has 6 heteroatoms. The standard InChI is InChI=1S/C9H10N2O4/c12-4-5-3-6-8(14-5)11-2-1-7(13)10-9(11)15-6/h1-2,5-6,8,12H,3-4H2/t5?,6-,8+/m0/s1. The highest BCUT2D eigenvalue weighted by Crippen LogP contribution is 2.38. The first-order valence-corrected chi connectivity index (χ1v) is 4.80. The molecule has 1 unspecified atom stereocenters. The fourth-order valence-corrected chi connectivity index (χ4v) is 2.00. The summed E-state index contributed by atoms with van der Waals surface area (Å²) in [7, 11) is 0. The first-order chi connectivity index (χ1) is 7.28. The summed E-state index contributed by atoms with van der Waals surface area (Å²) in [6.45, 7) is -0.0146. The van der Waals surface area contributed by atoms with E-state index in [1.807, 2.05) is 0 Å². The molecule has 1 aromatic heterocycles. The van der Waals surface area contributed by atoms with Crippen LogP contribution in [0.1, 0.15) is 12.6 Å². The molecule has 3 heterocycles. The lowest BCUT2D eigenvalue weighted by Gasteiger charge is -2.11. The molecule has 0 bridgehead atoms. The van der Waals surface area contributed by atoms with Crippen LogP contribution in [0, 0.1) is 0 Å². The van der Waals surface area contributed by atoms with Crippen molar-refractivity contribution in [3.8, 4) is 6.01 Å². The minimum Gasteiger partial charge on any atom is -0.456 e. The van der Waals surface area contributed by atoms with Crippen molar-refractivity contribution in [1.29, 1.82) is 0 Å². The Morgan fingerprint density at radius 2 is 2.53 bits per heavy atom. The van der Waals surface area contributed by atoms with E-state index < -0.39 is 0 Å². The lowest BCUT2D eigenvalue weighted by atomic mass is 10.2. The number of aliphatic hydroxyl groups is 1. The molecule has 0 radical (unpaired) electrons. The Morgan fingerprint density at radius 1 is 1.67 bits per heavy atom. The van der Waals surface area contributed by atoms with Gasteiger partial charge in [-0.05, 0) is 0 Å². The smallest absolute Gasteiger partial charge is 0.302 e. The van der Waals surface area contributed by atoms with Crippen molar-refractivity contribution in [3.63, 3.8) is 0 Å². The summed E-state index contributed by atoms with van der Waals surface area (Å²) in [4.78, 5) is 14.7. The van der Waals surface area contributed by atoms with E-state index in [0.717, 1.165) is 0 Å². The van der Waals surface area contributed by atoms with Gasteiger partial charge >= 0.3 is 6.01 Å². The van der Waals surface area contributed by atoms with Gasteiger partial charge in [0.25, 0.3) is 5.56 Å². The molecule has 1 aromatic rings. The Hall–Kier alpha value is -1.40. The van der Waals surface area contributed by atoms with Crippen molar-refractivity contribution in [1.82, 2.24) is 9.55 Å². The van der Waals surface area contributed by atoms with Crippen LogP contribution in [-0.2, 0) is 4.74 Å². The number of aliphatic hydroxyl groups excluding tert-OH is 1. The zero-order valence-electron chi connectivity index (χ0n) is 7.87. The molecule has 1 N–H and O–H groups in total. The molecule has 1 saturated heterocycles. The summed E-state index contributed by atoms with van der Waals surface area (Å²) in [5.74, 6) is 0. The number of aromatic nitrogens is 2. The lowest BCUT2D eigenvalue weighted by Crippen LogP contribution is -2.16. The molecule has 0 saturated carbocycles. The molecule has 15 heavy (non-hydrogen) atoms. The average Bonchev–Trinajstić information content (AvgIpc) is 2.73. The zero-order chi connectivity index (χ0) is 10.4. The minimum atomic E-state index is -0.320. The Labute approximate surface area is 85.1 Å². The van der Waals surface area contributed by atoms with Crippen molar-refractivity contribution >= 4 is 0 Å². The number of hydrogen-bond donors (Lipinski definition) is 1. The fourth-order valence-electron chi connectivity index (χ4n) is 2.00. The van der Waals surface area contributed by atoms with Gasteiger partial charge in [-0.1, -0.05) is 0 Å². The van der Waals surface area contributed by atoms with Crippen molar-refractivity contribution in [2.75, 3.05) is 6.61 Å². The quantitative estimate of drug-likeness (QED) is 0.662. The molecule has 0 aromatic carbocycles. The topological polar surface area (TPSA) is 73.6 Å². The zero-order valence-corrected chi connectivity index (χ0v) is 7.87. The summed E-state index contributed by atoms with van der Waals surface area (Å²) in [6.07, 6.45) is 1.64. The maximum absolute atomic E-state index is 11.0. The third-order valence-corrected chi connectivity index (χ3v) is 2.68. The van der Waals surface area contributed by atoms with Crippen LogP contribution >= 0.6 is 0 Å². The van der Waals surface area contributed by atoms with Gasteiger partial charge < -0.3 is 14.6 Å². The molecular weight excluding hydrogens is 200 g/mol. The third kappa shape index (κ3) is 1.25. The van der Waals surface area contributed by atoms with Gasteiger partial charge in [0.05, 0.1) is 12.7 Å². The number of hydrogen-bond acceptors (Lipinski definition) is 5. The van der Waals surface area contributed by atoms with E-state index in [-0.39, 0.29) is 30.6 Å². The van der Waals surface area contributed by atoms with Crippen LogP contribution in [0.2, 0.25) is 0 Å². The molecule has 0 aliphatic carbocycles. The van der Waals surface area contributed by atoms with Crippen LogP contribution < -0.4 is 10.3 Å². The summed E-state index contributed by atoms with van der Waals surface area (Å²) < 4.78 is 12.7. The molecule has 1 fully saturated rings. The summed E-state index contributed by atoms with van der Waals surface area (Å²) in [6, 6.07) is 1.67. The first kappa shape index (κ1) is 8.87. The van der Waals surface area contributed by atoms with Crippen molar-refractivity contribution < 1.29 is 14.6 Å². The Morgan fingerprint density at radius 3 is 3.33 bits per heavy atom. The maximum atomic E-state index is 11.0. The second kappa shape index (κ2) is 3.04. The van der Waals surface area contributed by atoms with Crippen LogP contribution in [-0.4, -0.2) is 33.5 Å². The van der Waals surface area contributed by atoms with Gasteiger partial charge in [0.15, 0.2) is 6.23 Å². The second-order valence-corrected chi connectivity index (χ2v) is 3.68. The van der Waals surface area contributed by atoms with E-state index >= 15 is 0 Å². The largest absolute Gasteiger partial charge is 0.456 e. The number of ether oxygens (including phenoxy) is 2. The van der Waals surface area contributed by atoms with E-state index in [1.54, 1.807) is 10.8 Å². The van der Waals surface area contributed by atoms with Gasteiger partial charge in [0, 0.05) is 18.7 Å². The molecule has 3 atom stereocenters. The van der Waals surface area contributed by atoms with Gasteiger partial charge in [0.1, 0.15) is 6.10 Å². The lowest BCUT2D eigenvalue weighted by molar-refractivity contribution is -0.0256. The van der Waals surface area contributed by atoms with Gasteiger partial charge in [-0.25, -0.2) is 0 Å². The van der Waals surface area contributed by atoms with E-state index in [2.05, 4.69) is 4.98 Å². The Balaban J connectivity index is 1.96. The predicted molar refractivity (Wildman–Crippen MR) is 48.5 cm³/mol. The normalized spacial score (nSPS) is 32.2. The highest BCUT2D eigenvalue weighted by Gasteiger charge is 2.43. The third-order valence-electron chi connectivity index (χ3n) is 2.68. The van der Waals surface area contributed by atoms with Crippen LogP contribution in [0.4, 0.5) is 0 Å². The van der Waals surface area contributed by atoms with Gasteiger partial charge in [-0.3, -0.25) is 9.36 Å². The number of nitrogens with zero attached hydrogens (tertiary/aromatic N) is 2.